The van der Waals surface area contributed by atoms with Crippen molar-refractivity contribution in [1.82, 2.24) is 20.6 Å². The van der Waals surface area contributed by atoms with E-state index in [0.29, 0.717) is 58.2 Å². The van der Waals surface area contributed by atoms with Crippen LogP contribution in [0.2, 0.25) is 10.3 Å². The van der Waals surface area contributed by atoms with E-state index in [2.05, 4.69) is 32.4 Å². The molecule has 28 heavy (non-hydrogen) atoms. The van der Waals surface area contributed by atoms with Crippen LogP contribution in [0.1, 0.15) is 24.0 Å². The second-order valence-electron chi connectivity index (χ2n) is 6.77. The van der Waals surface area contributed by atoms with Crippen LogP contribution in [0, 0.1) is 11.8 Å². The fourth-order valence-electron chi connectivity index (χ4n) is 2.70. The Bertz CT molecular complexity index is 833. The SMILES string of the molecule is Clc1ncc(OCC2CCN2)cc1C#Cc1cc(OCC2CCN2)cnc1Cl. The van der Waals surface area contributed by atoms with Crippen LogP contribution in [-0.4, -0.2) is 48.4 Å². The number of nitrogens with one attached hydrogen (secondary N) is 2. The first-order valence-corrected chi connectivity index (χ1v) is 9.98. The van der Waals surface area contributed by atoms with Gasteiger partial charge in [0.2, 0.25) is 0 Å². The third-order valence-electron chi connectivity index (χ3n) is 4.71. The van der Waals surface area contributed by atoms with Crippen molar-refractivity contribution in [3.63, 3.8) is 0 Å². The molecule has 0 aliphatic carbocycles. The normalized spacial score (nSPS) is 20.4. The molecule has 2 unspecified atom stereocenters. The van der Waals surface area contributed by atoms with Gasteiger partial charge in [0.05, 0.1) is 23.5 Å². The van der Waals surface area contributed by atoms with Crippen LogP contribution < -0.4 is 20.1 Å². The summed E-state index contributed by atoms with van der Waals surface area (Å²) >= 11 is 12.4. The highest BCUT2D eigenvalue weighted by molar-refractivity contribution is 6.31. The molecule has 2 saturated heterocycles. The largest absolute Gasteiger partial charge is 0.490 e. The number of hydrogen-bond acceptors (Lipinski definition) is 6. The summed E-state index contributed by atoms with van der Waals surface area (Å²) in [7, 11) is 0. The lowest BCUT2D eigenvalue weighted by Gasteiger charge is -2.27. The highest BCUT2D eigenvalue weighted by Crippen LogP contribution is 2.21. The molecule has 2 fully saturated rings. The first-order valence-electron chi connectivity index (χ1n) is 9.23. The smallest absolute Gasteiger partial charge is 0.144 e. The van der Waals surface area contributed by atoms with E-state index in [9.17, 15) is 0 Å². The lowest BCUT2D eigenvalue weighted by molar-refractivity contribution is 0.217. The molecule has 4 rings (SSSR count). The van der Waals surface area contributed by atoms with Crippen LogP contribution in [-0.2, 0) is 0 Å². The van der Waals surface area contributed by atoms with Crippen LogP contribution >= 0.6 is 23.2 Å². The van der Waals surface area contributed by atoms with Crippen molar-refractivity contribution in [1.29, 1.82) is 0 Å². The number of pyridine rings is 2. The van der Waals surface area contributed by atoms with Crippen LogP contribution in [0.3, 0.4) is 0 Å². The quantitative estimate of drug-likeness (QED) is 0.555. The Morgan fingerprint density at radius 2 is 1.29 bits per heavy atom. The van der Waals surface area contributed by atoms with Crippen molar-refractivity contribution < 1.29 is 9.47 Å². The predicted octanol–water partition coefficient (Wildman–Crippen LogP) is 2.66. The Morgan fingerprint density at radius 1 is 0.857 bits per heavy atom. The Labute approximate surface area is 173 Å². The molecule has 6 nitrogen and oxygen atoms in total. The van der Waals surface area contributed by atoms with E-state index in [1.807, 2.05) is 0 Å². The van der Waals surface area contributed by atoms with Crippen LogP contribution in [0.4, 0.5) is 0 Å². The van der Waals surface area contributed by atoms with Crippen LogP contribution in [0.15, 0.2) is 24.5 Å². The van der Waals surface area contributed by atoms with Crippen molar-refractivity contribution in [3.05, 3.63) is 46.0 Å². The molecule has 2 aliphatic rings. The minimum absolute atomic E-state index is 0.314. The minimum Gasteiger partial charge on any atom is -0.490 e. The Hall–Kier alpha value is -2.04. The van der Waals surface area contributed by atoms with Crippen LogP contribution in [0.25, 0.3) is 0 Å². The van der Waals surface area contributed by atoms with Gasteiger partial charge in [-0.1, -0.05) is 35.0 Å². The second-order valence-corrected chi connectivity index (χ2v) is 7.49. The molecule has 2 aromatic rings. The van der Waals surface area contributed by atoms with Gasteiger partial charge in [0.25, 0.3) is 0 Å². The highest BCUT2D eigenvalue weighted by Gasteiger charge is 2.17. The Kier molecular flexibility index (Phi) is 6.18. The summed E-state index contributed by atoms with van der Waals surface area (Å²) in [6.07, 6.45) is 5.44. The topological polar surface area (TPSA) is 68.3 Å². The molecule has 0 amide bonds. The molecule has 8 heteroatoms. The summed E-state index contributed by atoms with van der Waals surface area (Å²) in [6, 6.07) is 4.36. The predicted molar refractivity (Wildman–Crippen MR) is 108 cm³/mol. The van der Waals surface area contributed by atoms with Crippen molar-refractivity contribution in [2.45, 2.75) is 24.9 Å². The molecule has 0 aromatic carbocycles. The molecule has 2 aliphatic heterocycles. The molecule has 2 atom stereocenters. The van der Waals surface area contributed by atoms with E-state index < -0.39 is 0 Å². The molecule has 0 spiro atoms. The molecule has 2 aromatic heterocycles. The Morgan fingerprint density at radius 3 is 1.64 bits per heavy atom. The van der Waals surface area contributed by atoms with Gasteiger partial charge in [-0.05, 0) is 25.9 Å². The van der Waals surface area contributed by atoms with E-state index in [-0.39, 0.29) is 0 Å². The monoisotopic (exact) mass is 418 g/mol. The third kappa shape index (κ3) is 4.86. The van der Waals surface area contributed by atoms with Gasteiger partial charge in [-0.2, -0.15) is 0 Å². The molecule has 2 N–H and O–H groups in total. The molecule has 0 saturated carbocycles. The maximum absolute atomic E-state index is 6.18. The van der Waals surface area contributed by atoms with Gasteiger partial charge in [-0.15, -0.1) is 0 Å². The highest BCUT2D eigenvalue weighted by atomic mass is 35.5. The van der Waals surface area contributed by atoms with E-state index in [4.69, 9.17) is 32.7 Å². The summed E-state index contributed by atoms with van der Waals surface area (Å²) in [5, 5.41) is 7.20. The lowest BCUT2D eigenvalue weighted by atomic mass is 10.1. The number of ether oxygens (including phenoxy) is 2. The zero-order valence-electron chi connectivity index (χ0n) is 15.2. The summed E-state index contributed by atoms with van der Waals surface area (Å²) in [5.41, 5.74) is 1.14. The number of halogens is 2. The van der Waals surface area contributed by atoms with Gasteiger partial charge in [0.1, 0.15) is 35.0 Å². The zero-order chi connectivity index (χ0) is 19.3. The van der Waals surface area contributed by atoms with Gasteiger partial charge in [-0.25, -0.2) is 9.97 Å². The van der Waals surface area contributed by atoms with E-state index in [1.165, 1.54) is 0 Å². The first-order chi connectivity index (χ1) is 13.7. The number of aromatic nitrogens is 2. The average molecular weight is 419 g/mol. The molecule has 0 radical (unpaired) electrons. The zero-order valence-corrected chi connectivity index (χ0v) is 16.7. The fraction of sp³-hybridized carbons (Fsp3) is 0.400. The maximum atomic E-state index is 6.18. The molecule has 4 heterocycles. The minimum atomic E-state index is 0.314. The molecule has 146 valence electrons. The molecular formula is C20H20Cl2N4O2. The lowest BCUT2D eigenvalue weighted by Crippen LogP contribution is -2.46. The van der Waals surface area contributed by atoms with E-state index in [1.54, 1.807) is 24.5 Å². The summed E-state index contributed by atoms with van der Waals surface area (Å²) in [4.78, 5) is 8.31. The number of nitrogens with zero attached hydrogens (tertiary/aromatic N) is 2. The average Bonchev–Trinajstić information content (AvgIpc) is 2.61. The Balaban J connectivity index is 1.46. The third-order valence-corrected chi connectivity index (χ3v) is 5.32. The van der Waals surface area contributed by atoms with Gasteiger partial charge >= 0.3 is 0 Å². The first kappa shape index (κ1) is 19.3. The van der Waals surface area contributed by atoms with Crippen molar-refractivity contribution in [3.8, 4) is 23.3 Å². The number of rotatable bonds is 6. The molecular weight excluding hydrogens is 399 g/mol. The van der Waals surface area contributed by atoms with Gasteiger partial charge in [-0.3, -0.25) is 0 Å². The summed E-state index contributed by atoms with van der Waals surface area (Å²) < 4.78 is 11.5. The maximum Gasteiger partial charge on any atom is 0.144 e. The second kappa shape index (κ2) is 8.97. The summed E-state index contributed by atoms with van der Waals surface area (Å²) in [5.74, 6) is 7.29. The number of hydrogen-bond donors (Lipinski definition) is 2. The summed E-state index contributed by atoms with van der Waals surface area (Å²) in [6.45, 7) is 3.28. The van der Waals surface area contributed by atoms with Crippen molar-refractivity contribution in [2.24, 2.45) is 0 Å². The van der Waals surface area contributed by atoms with Gasteiger partial charge < -0.3 is 20.1 Å². The standard InChI is InChI=1S/C20H20Cl2N4O2/c21-19-13(7-17(9-25-19)27-11-15-3-5-23-15)1-2-14-8-18(10-26-20(14)22)28-12-16-4-6-24-16/h7-10,15-16,23-24H,3-6,11-12H2. The molecule has 0 bridgehead atoms. The van der Waals surface area contributed by atoms with Crippen molar-refractivity contribution in [2.75, 3.05) is 26.3 Å². The van der Waals surface area contributed by atoms with Crippen LogP contribution in [0.5, 0.6) is 11.5 Å². The van der Waals surface area contributed by atoms with E-state index >= 15 is 0 Å². The van der Waals surface area contributed by atoms with E-state index in [0.717, 1.165) is 25.9 Å². The van der Waals surface area contributed by atoms with Crippen molar-refractivity contribution >= 4 is 23.2 Å². The fourth-order valence-corrected chi connectivity index (χ4v) is 3.00. The van der Waals surface area contributed by atoms with Gasteiger partial charge in [0, 0.05) is 24.2 Å². The van der Waals surface area contributed by atoms with Gasteiger partial charge in [0.15, 0.2) is 0 Å².